The lowest BCUT2D eigenvalue weighted by molar-refractivity contribution is -0.0893. The third-order valence-corrected chi connectivity index (χ3v) is 9.39. The molecule has 0 amide bonds. The maximum atomic E-state index is 10.5. The SMILES string of the molecule is CCCCC(CC)Cn1c2cc([B]OC(C)(C)C(C)(C)O)ccc2c2ccc(B3OC(C)(C)C(C)(C)O3)cc21. The fourth-order valence-corrected chi connectivity index (χ4v) is 5.06. The van der Waals surface area contributed by atoms with E-state index in [9.17, 15) is 5.11 Å². The van der Waals surface area contributed by atoms with Crippen molar-refractivity contribution in [2.24, 2.45) is 5.92 Å². The molecule has 1 N–H and O–H groups in total. The van der Waals surface area contributed by atoms with Gasteiger partial charge in [-0.1, -0.05) is 62.8 Å². The molecule has 1 aromatic heterocycles. The van der Waals surface area contributed by atoms with Gasteiger partial charge in [-0.05, 0) is 85.3 Å². The summed E-state index contributed by atoms with van der Waals surface area (Å²) in [7, 11) is 1.39. The summed E-state index contributed by atoms with van der Waals surface area (Å²) < 4.78 is 21.4. The predicted molar refractivity (Wildman–Crippen MR) is 165 cm³/mol. The molecule has 1 fully saturated rings. The van der Waals surface area contributed by atoms with Crippen LogP contribution in [0, 0.1) is 5.92 Å². The van der Waals surface area contributed by atoms with Gasteiger partial charge in [0, 0.05) is 28.4 Å². The van der Waals surface area contributed by atoms with Crippen LogP contribution in [0.25, 0.3) is 21.8 Å². The zero-order valence-electron chi connectivity index (χ0n) is 25.9. The normalized spacial score (nSPS) is 18.3. The molecule has 0 spiro atoms. The standard InChI is InChI=1S/C32H48B2NO4/c1-11-13-14-22(12-2)21-35-27-19-23(33-37-30(5,6)29(3,4)36)15-17-25(27)26-18-16-24(20-28(26)35)34-38-31(7,8)32(9,10)39-34/h15-20,22,36H,11-14,21H2,1-10H3. The van der Waals surface area contributed by atoms with Crippen LogP contribution in [-0.4, -0.2) is 46.7 Å². The van der Waals surface area contributed by atoms with Crippen molar-refractivity contribution < 1.29 is 19.1 Å². The number of benzene rings is 2. The van der Waals surface area contributed by atoms with Crippen LogP contribution in [-0.2, 0) is 20.5 Å². The minimum atomic E-state index is -0.972. The van der Waals surface area contributed by atoms with E-state index in [1.54, 1.807) is 21.3 Å². The largest absolute Gasteiger partial charge is 0.494 e. The second kappa shape index (κ2) is 10.9. The van der Waals surface area contributed by atoms with Crippen LogP contribution in [0.2, 0.25) is 0 Å². The molecular formula is C32H48B2NO4. The second-order valence-corrected chi connectivity index (χ2v) is 13.5. The molecule has 1 radical (unpaired) electrons. The lowest BCUT2D eigenvalue weighted by Crippen LogP contribution is -2.49. The molecule has 4 rings (SSSR count). The first-order valence-electron chi connectivity index (χ1n) is 14.7. The van der Waals surface area contributed by atoms with Crippen molar-refractivity contribution >= 4 is 47.3 Å². The zero-order valence-corrected chi connectivity index (χ0v) is 25.9. The maximum absolute atomic E-state index is 10.5. The van der Waals surface area contributed by atoms with Crippen LogP contribution in [0.15, 0.2) is 36.4 Å². The predicted octanol–water partition coefficient (Wildman–Crippen LogP) is 6.12. The highest BCUT2D eigenvalue weighted by molar-refractivity contribution is 6.62. The number of aromatic nitrogens is 1. The van der Waals surface area contributed by atoms with Crippen LogP contribution in [0.1, 0.15) is 94.9 Å². The van der Waals surface area contributed by atoms with Gasteiger partial charge in [0.1, 0.15) is 0 Å². The van der Waals surface area contributed by atoms with Crippen molar-refractivity contribution in [2.45, 2.75) is 124 Å². The van der Waals surface area contributed by atoms with Gasteiger partial charge in [-0.2, -0.15) is 0 Å². The summed E-state index contributed by atoms with van der Waals surface area (Å²) in [6.45, 7) is 21.3. The van der Waals surface area contributed by atoms with E-state index in [1.165, 1.54) is 41.1 Å². The number of rotatable bonds is 11. The Balaban J connectivity index is 1.78. The monoisotopic (exact) mass is 532 g/mol. The minimum Gasteiger partial charge on any atom is -0.427 e. The Morgan fingerprint density at radius 2 is 1.54 bits per heavy atom. The first kappa shape index (κ1) is 30.2. The highest BCUT2D eigenvalue weighted by Crippen LogP contribution is 2.37. The summed E-state index contributed by atoms with van der Waals surface area (Å²) in [5.41, 5.74) is 1.99. The first-order chi connectivity index (χ1) is 18.1. The van der Waals surface area contributed by atoms with Crippen molar-refractivity contribution in [3.63, 3.8) is 0 Å². The minimum absolute atomic E-state index is 0.381. The maximum Gasteiger partial charge on any atom is 0.494 e. The Bertz CT molecular complexity index is 1290. The van der Waals surface area contributed by atoms with Crippen molar-refractivity contribution in [1.82, 2.24) is 4.57 Å². The van der Waals surface area contributed by atoms with Crippen molar-refractivity contribution in [3.05, 3.63) is 36.4 Å². The number of nitrogens with zero attached hydrogens (tertiary/aromatic N) is 1. The fraction of sp³-hybridized carbons (Fsp3) is 0.625. The Morgan fingerprint density at radius 3 is 2.10 bits per heavy atom. The average Bonchev–Trinajstić information content (AvgIpc) is 3.27. The Hall–Kier alpha value is -1.79. The molecule has 1 aliphatic rings. The van der Waals surface area contributed by atoms with Crippen LogP contribution in [0.5, 0.6) is 0 Å². The number of unbranched alkanes of at least 4 members (excludes halogenated alkanes) is 1. The fourth-order valence-electron chi connectivity index (χ4n) is 5.06. The first-order valence-corrected chi connectivity index (χ1v) is 14.7. The number of fused-ring (bicyclic) bond motifs is 3. The van der Waals surface area contributed by atoms with Crippen molar-refractivity contribution in [1.29, 1.82) is 0 Å². The molecule has 0 saturated carbocycles. The highest BCUT2D eigenvalue weighted by atomic mass is 16.7. The average molecular weight is 532 g/mol. The van der Waals surface area contributed by atoms with Gasteiger partial charge in [0.05, 0.1) is 22.4 Å². The van der Waals surface area contributed by atoms with Gasteiger partial charge in [-0.25, -0.2) is 0 Å². The summed E-state index contributed by atoms with van der Waals surface area (Å²) in [6, 6.07) is 13.2. The van der Waals surface area contributed by atoms with Gasteiger partial charge in [-0.3, -0.25) is 0 Å². The Morgan fingerprint density at radius 1 is 0.949 bits per heavy atom. The summed E-state index contributed by atoms with van der Waals surface area (Å²) in [4.78, 5) is 0. The van der Waals surface area contributed by atoms with Crippen molar-refractivity contribution in [3.8, 4) is 0 Å². The van der Waals surface area contributed by atoms with E-state index in [1.807, 2.05) is 13.8 Å². The van der Waals surface area contributed by atoms with E-state index in [-0.39, 0.29) is 11.2 Å². The van der Waals surface area contributed by atoms with Gasteiger partial charge in [-0.15, -0.1) is 0 Å². The molecule has 1 aliphatic heterocycles. The third kappa shape index (κ3) is 5.98. The third-order valence-electron chi connectivity index (χ3n) is 9.39. The summed E-state index contributed by atoms with van der Waals surface area (Å²) in [5, 5.41) is 13.0. The molecule has 5 nitrogen and oxygen atoms in total. The number of aliphatic hydroxyl groups is 1. The quantitative estimate of drug-likeness (QED) is 0.303. The molecule has 7 heteroatoms. The van der Waals surface area contributed by atoms with E-state index in [4.69, 9.17) is 14.0 Å². The van der Waals surface area contributed by atoms with Crippen molar-refractivity contribution in [2.75, 3.05) is 0 Å². The second-order valence-electron chi connectivity index (χ2n) is 13.5. The van der Waals surface area contributed by atoms with Gasteiger partial charge >= 0.3 is 14.6 Å². The van der Waals surface area contributed by atoms with E-state index in [2.05, 4.69) is 82.5 Å². The molecule has 39 heavy (non-hydrogen) atoms. The topological polar surface area (TPSA) is 52.9 Å². The lowest BCUT2D eigenvalue weighted by atomic mass is 9.78. The van der Waals surface area contributed by atoms with E-state index in [0.717, 1.165) is 23.9 Å². The molecular weight excluding hydrogens is 484 g/mol. The Labute approximate surface area is 237 Å². The summed E-state index contributed by atoms with van der Waals surface area (Å²) >= 11 is 0. The van der Waals surface area contributed by atoms with E-state index < -0.39 is 18.3 Å². The lowest BCUT2D eigenvalue weighted by Gasteiger charge is -2.37. The molecule has 211 valence electrons. The van der Waals surface area contributed by atoms with Gasteiger partial charge in [0.25, 0.3) is 0 Å². The van der Waals surface area contributed by atoms with Crippen LogP contribution in [0.3, 0.4) is 0 Å². The van der Waals surface area contributed by atoms with E-state index in [0.29, 0.717) is 5.92 Å². The summed E-state index contributed by atoms with van der Waals surface area (Å²) in [5.74, 6) is 0.599. The van der Waals surface area contributed by atoms with Gasteiger partial charge in [0.2, 0.25) is 0 Å². The van der Waals surface area contributed by atoms with Crippen LogP contribution >= 0.6 is 0 Å². The molecule has 3 aromatic rings. The molecule has 1 unspecified atom stereocenters. The molecule has 1 atom stereocenters. The Kier molecular flexibility index (Phi) is 8.42. The summed E-state index contributed by atoms with van der Waals surface area (Å²) in [6.07, 6.45) is 4.82. The highest BCUT2D eigenvalue weighted by Gasteiger charge is 2.51. The van der Waals surface area contributed by atoms with Gasteiger partial charge in [0.15, 0.2) is 0 Å². The smallest absolute Gasteiger partial charge is 0.427 e. The molecule has 2 heterocycles. The molecule has 0 bridgehead atoms. The molecule has 2 aromatic carbocycles. The molecule has 0 aliphatic carbocycles. The van der Waals surface area contributed by atoms with Crippen LogP contribution in [0.4, 0.5) is 0 Å². The van der Waals surface area contributed by atoms with E-state index >= 15 is 0 Å². The van der Waals surface area contributed by atoms with Gasteiger partial charge < -0.3 is 23.6 Å². The number of hydrogen-bond acceptors (Lipinski definition) is 4. The van der Waals surface area contributed by atoms with Crippen LogP contribution < -0.4 is 10.9 Å². The molecule has 1 saturated heterocycles. The zero-order chi connectivity index (χ0) is 28.8. The number of hydrogen-bond donors (Lipinski definition) is 1.